The molecule has 10 nitrogen and oxygen atoms in total. The van der Waals surface area contributed by atoms with E-state index in [9.17, 15) is 14.4 Å². The number of nitrogens with zero attached hydrogens (tertiary/aromatic N) is 6. The van der Waals surface area contributed by atoms with Crippen molar-refractivity contribution in [2.75, 3.05) is 0 Å². The van der Waals surface area contributed by atoms with Crippen LogP contribution in [0.1, 0.15) is 33.4 Å². The molecule has 0 saturated heterocycles. The van der Waals surface area contributed by atoms with Crippen molar-refractivity contribution in [2.45, 2.75) is 39.1 Å². The van der Waals surface area contributed by atoms with E-state index in [0.717, 1.165) is 24.8 Å². The second-order valence-electron chi connectivity index (χ2n) is 9.12. The van der Waals surface area contributed by atoms with E-state index in [2.05, 4.69) is 12.1 Å². The minimum atomic E-state index is -0.770. The van der Waals surface area contributed by atoms with Crippen LogP contribution in [0.5, 0.6) is 0 Å². The first-order valence-electron chi connectivity index (χ1n) is 12.4. The highest BCUT2D eigenvalue weighted by molar-refractivity contribution is 5.27. The maximum Gasteiger partial charge on any atom is 0.336 e. The van der Waals surface area contributed by atoms with Gasteiger partial charge in [0.05, 0.1) is 44.6 Å². The molecule has 0 atom stereocenters. The Bertz CT molecular complexity index is 1750. The molecule has 40 heavy (non-hydrogen) atoms. The van der Waals surface area contributed by atoms with Crippen LogP contribution in [0.4, 0.5) is 0 Å². The Balaban J connectivity index is 1.83. The van der Waals surface area contributed by atoms with E-state index in [1.807, 2.05) is 0 Å². The van der Waals surface area contributed by atoms with Crippen LogP contribution in [-0.4, -0.2) is 13.7 Å². The van der Waals surface area contributed by atoms with Gasteiger partial charge in [0.1, 0.15) is 6.61 Å². The molecule has 0 radical (unpaired) electrons. The number of hydrogen-bond acceptors (Lipinski definition) is 7. The third-order valence-electron chi connectivity index (χ3n) is 6.25. The number of ether oxygens (including phenoxy) is 1. The van der Waals surface area contributed by atoms with Gasteiger partial charge in [-0.25, -0.2) is 28.1 Å². The number of rotatable bonds is 10. The fraction of sp³-hybridized carbons (Fsp3) is 0.200. The molecule has 1 aromatic heterocycles. The minimum absolute atomic E-state index is 0.0427. The lowest BCUT2D eigenvalue weighted by molar-refractivity contribution is 0.257. The van der Waals surface area contributed by atoms with Crippen molar-refractivity contribution in [3.05, 3.63) is 138 Å². The lowest BCUT2D eigenvalue weighted by Crippen LogP contribution is -2.54. The van der Waals surface area contributed by atoms with E-state index < -0.39 is 17.1 Å². The zero-order valence-electron chi connectivity index (χ0n) is 21.5. The highest BCUT2D eigenvalue weighted by atomic mass is 16.5. The summed E-state index contributed by atoms with van der Waals surface area (Å²) < 4.78 is 7.82. The Morgan fingerprint density at radius 3 is 1.27 bits per heavy atom. The smallest absolute Gasteiger partial charge is 0.336 e. The van der Waals surface area contributed by atoms with Gasteiger partial charge in [0, 0.05) is 0 Å². The summed E-state index contributed by atoms with van der Waals surface area (Å²) in [5.41, 5.74) is 1.75. The fourth-order valence-electron chi connectivity index (χ4n) is 4.43. The average molecular weight is 533 g/mol. The second-order valence-corrected chi connectivity index (χ2v) is 9.12. The van der Waals surface area contributed by atoms with Gasteiger partial charge in [0.2, 0.25) is 0 Å². The Hall–Kier alpha value is -5.66. The number of hydrogen-bond donors (Lipinski definition) is 0. The first-order valence-corrected chi connectivity index (χ1v) is 12.4. The van der Waals surface area contributed by atoms with E-state index in [1.54, 1.807) is 79.1 Å². The zero-order valence-corrected chi connectivity index (χ0v) is 21.5. The van der Waals surface area contributed by atoms with Gasteiger partial charge in [-0.3, -0.25) is 0 Å². The summed E-state index contributed by atoms with van der Waals surface area (Å²) in [4.78, 5) is 40.8. The molecule has 0 unspecified atom stereocenters. The third-order valence-corrected chi connectivity index (χ3v) is 6.25. The van der Waals surface area contributed by atoms with E-state index in [0.29, 0.717) is 22.3 Å². The maximum atomic E-state index is 13.6. The summed E-state index contributed by atoms with van der Waals surface area (Å²) in [6, 6.07) is 25.2. The van der Waals surface area contributed by atoms with Crippen molar-refractivity contribution in [2.24, 2.45) is 0 Å². The van der Waals surface area contributed by atoms with Crippen molar-refractivity contribution in [1.82, 2.24) is 13.7 Å². The molecule has 0 aliphatic rings. The van der Waals surface area contributed by atoms with E-state index >= 15 is 0 Å². The molecule has 1 heterocycles. The van der Waals surface area contributed by atoms with Crippen LogP contribution in [0.25, 0.3) is 0 Å². The lowest BCUT2D eigenvalue weighted by Gasteiger charge is -2.15. The van der Waals surface area contributed by atoms with Gasteiger partial charge < -0.3 is 4.74 Å². The molecule has 0 spiro atoms. The van der Waals surface area contributed by atoms with Crippen molar-refractivity contribution < 1.29 is 4.74 Å². The van der Waals surface area contributed by atoms with Crippen molar-refractivity contribution in [3.63, 3.8) is 0 Å². The first kappa shape index (κ1) is 27.4. The molecule has 0 bridgehead atoms. The van der Waals surface area contributed by atoms with Gasteiger partial charge >= 0.3 is 17.1 Å². The molecule has 0 fully saturated rings. The molecule has 0 aliphatic heterocycles. The van der Waals surface area contributed by atoms with Crippen LogP contribution in [0.15, 0.2) is 87.2 Å². The third kappa shape index (κ3) is 6.42. The lowest BCUT2D eigenvalue weighted by atomic mass is 10.1. The number of aromatic nitrogens is 3. The maximum absolute atomic E-state index is 13.6. The zero-order chi connectivity index (χ0) is 28.5. The molecule has 198 valence electrons. The van der Waals surface area contributed by atoms with Crippen molar-refractivity contribution in [1.29, 1.82) is 15.8 Å². The Labute approximate surface area is 229 Å². The fourth-order valence-corrected chi connectivity index (χ4v) is 4.43. The highest BCUT2D eigenvalue weighted by Crippen LogP contribution is 2.10. The number of benzene rings is 3. The van der Waals surface area contributed by atoms with Gasteiger partial charge in [-0.05, 0) is 33.4 Å². The molecule has 3 aromatic carbocycles. The second kappa shape index (κ2) is 12.7. The molecule has 4 rings (SSSR count). The molecule has 0 N–H and O–H groups in total. The largest absolute Gasteiger partial charge is 0.423 e. The quantitative estimate of drug-likeness (QED) is 0.285. The van der Waals surface area contributed by atoms with Crippen molar-refractivity contribution >= 4 is 0 Å². The summed E-state index contributed by atoms with van der Waals surface area (Å²) in [6.07, 6.45) is 1.97. The topological polar surface area (TPSA) is 147 Å². The molecule has 0 saturated carbocycles. The van der Waals surface area contributed by atoms with Crippen LogP contribution in [-0.2, 0) is 43.8 Å². The first-order chi connectivity index (χ1) is 19.4. The predicted molar refractivity (Wildman–Crippen MR) is 145 cm³/mol. The van der Waals surface area contributed by atoms with Gasteiger partial charge in [-0.15, -0.1) is 0 Å². The Kier molecular flexibility index (Phi) is 8.71. The van der Waals surface area contributed by atoms with Gasteiger partial charge in [-0.1, -0.05) is 72.8 Å². The molecular formula is C30H24N6O4. The van der Waals surface area contributed by atoms with Crippen LogP contribution in [0, 0.1) is 34.2 Å². The molecule has 0 amide bonds. The van der Waals surface area contributed by atoms with Gasteiger partial charge in [-0.2, -0.15) is 15.8 Å². The summed E-state index contributed by atoms with van der Waals surface area (Å²) in [5.74, 6) is 0. The van der Waals surface area contributed by atoms with Crippen LogP contribution in [0.2, 0.25) is 0 Å². The average Bonchev–Trinajstić information content (AvgIpc) is 2.96. The number of nitriles is 3. The molecule has 4 aromatic rings. The minimum Gasteiger partial charge on any atom is -0.423 e. The van der Waals surface area contributed by atoms with Crippen molar-refractivity contribution in [3.8, 4) is 18.4 Å². The summed E-state index contributed by atoms with van der Waals surface area (Å²) in [5, 5.41) is 26.8. The van der Waals surface area contributed by atoms with Crippen LogP contribution in [0.3, 0.4) is 0 Å². The van der Waals surface area contributed by atoms with Gasteiger partial charge in [0.15, 0.2) is 0 Å². The Morgan fingerprint density at radius 1 is 0.550 bits per heavy atom. The van der Waals surface area contributed by atoms with Gasteiger partial charge in [0.25, 0.3) is 6.26 Å². The highest BCUT2D eigenvalue weighted by Gasteiger charge is 2.17. The standard InChI is InChI=1S/C30H24N6O4/c31-12-10-22-4-1-6-24(14-22)17-34-28(37)35(18-25-7-2-5-23(15-25)11-13-32)30(39)36(29(34)38)19-26-8-3-9-27(16-26)20-40-21-33/h1-9,14-16H,10-11,17-20H2. The molecule has 10 heteroatoms. The monoisotopic (exact) mass is 532 g/mol. The predicted octanol–water partition coefficient (Wildman–Crippen LogP) is 2.45. The van der Waals surface area contributed by atoms with E-state index in [-0.39, 0.29) is 39.1 Å². The normalized spacial score (nSPS) is 10.3. The Morgan fingerprint density at radius 2 is 0.900 bits per heavy atom. The van der Waals surface area contributed by atoms with E-state index in [4.69, 9.17) is 20.5 Å². The summed E-state index contributed by atoms with van der Waals surface area (Å²) in [7, 11) is 0. The summed E-state index contributed by atoms with van der Waals surface area (Å²) in [6.45, 7) is -0.258. The molecular weight excluding hydrogens is 508 g/mol. The summed E-state index contributed by atoms with van der Waals surface area (Å²) >= 11 is 0. The van der Waals surface area contributed by atoms with Crippen LogP contribution < -0.4 is 17.1 Å². The molecule has 0 aliphatic carbocycles. The van der Waals surface area contributed by atoms with E-state index in [1.165, 1.54) is 0 Å². The van der Waals surface area contributed by atoms with Crippen LogP contribution >= 0.6 is 0 Å². The SMILES string of the molecule is N#CCc1cccc(Cn2c(=O)n(Cc3cccc(CC#N)c3)c(=O)n(Cc3cccc(COC#N)c3)c2=O)c1.